The van der Waals surface area contributed by atoms with Crippen molar-refractivity contribution >= 4 is 21.8 Å². The number of rotatable bonds is 5. The quantitative estimate of drug-likeness (QED) is 0.665. The first kappa shape index (κ1) is 21.8. The molecule has 29 heavy (non-hydrogen) atoms. The third-order valence-electron chi connectivity index (χ3n) is 5.17. The van der Waals surface area contributed by atoms with Crippen LogP contribution in [0.5, 0.6) is 0 Å². The maximum absolute atomic E-state index is 13.0. The van der Waals surface area contributed by atoms with Gasteiger partial charge in [-0.05, 0) is 29.8 Å². The second-order valence-electron chi connectivity index (χ2n) is 7.29. The number of aryl methyl sites for hydroxylation is 3. The SMILES string of the molecule is Cc1nn(C)cc1CN1CCN(C(=O)CCn2nc(C(F)(F)F)c(Br)c2C)CC1. The molecule has 1 saturated heterocycles. The summed E-state index contributed by atoms with van der Waals surface area (Å²) in [7, 11) is 1.89. The minimum atomic E-state index is -4.53. The summed E-state index contributed by atoms with van der Waals surface area (Å²) in [5, 5.41) is 7.97. The summed E-state index contributed by atoms with van der Waals surface area (Å²) < 4.78 is 41.8. The van der Waals surface area contributed by atoms with Crippen molar-refractivity contribution in [1.82, 2.24) is 29.4 Å². The van der Waals surface area contributed by atoms with Gasteiger partial charge >= 0.3 is 6.18 Å². The standard InChI is InChI=1S/C18H24BrF3N6O/c1-12-14(10-25(3)23-12)11-26-6-8-27(9-7-26)15(29)4-5-28-13(2)16(19)17(24-28)18(20,21)22/h10H,4-9,11H2,1-3H3. The average Bonchev–Trinajstić information content (AvgIpc) is 3.12. The molecule has 2 aromatic rings. The van der Waals surface area contributed by atoms with Crippen molar-refractivity contribution in [3.8, 4) is 0 Å². The van der Waals surface area contributed by atoms with Crippen LogP contribution in [0, 0.1) is 13.8 Å². The van der Waals surface area contributed by atoms with Crippen molar-refractivity contribution in [3.05, 3.63) is 33.3 Å². The molecule has 0 aliphatic carbocycles. The highest BCUT2D eigenvalue weighted by Gasteiger charge is 2.38. The monoisotopic (exact) mass is 476 g/mol. The van der Waals surface area contributed by atoms with Gasteiger partial charge in [0.15, 0.2) is 5.69 Å². The molecule has 0 radical (unpaired) electrons. The molecule has 1 aliphatic rings. The van der Waals surface area contributed by atoms with Gasteiger partial charge in [0.05, 0.1) is 22.4 Å². The van der Waals surface area contributed by atoms with Gasteiger partial charge in [0.1, 0.15) is 0 Å². The van der Waals surface area contributed by atoms with E-state index in [0.29, 0.717) is 18.8 Å². The van der Waals surface area contributed by atoms with Crippen LogP contribution in [0.2, 0.25) is 0 Å². The Morgan fingerprint density at radius 1 is 1.17 bits per heavy atom. The molecule has 0 N–H and O–H groups in total. The molecule has 0 atom stereocenters. The van der Waals surface area contributed by atoms with Crippen molar-refractivity contribution in [2.45, 2.75) is 39.5 Å². The minimum Gasteiger partial charge on any atom is -0.340 e. The summed E-state index contributed by atoms with van der Waals surface area (Å²) >= 11 is 2.95. The number of hydrogen-bond donors (Lipinski definition) is 0. The summed E-state index contributed by atoms with van der Waals surface area (Å²) in [6.07, 6.45) is -2.40. The van der Waals surface area contributed by atoms with Crippen LogP contribution in [0.1, 0.15) is 29.1 Å². The predicted octanol–water partition coefficient (Wildman–Crippen LogP) is 2.75. The zero-order valence-electron chi connectivity index (χ0n) is 16.6. The van der Waals surface area contributed by atoms with Gasteiger partial charge in [0.25, 0.3) is 0 Å². The Hall–Kier alpha value is -1.88. The van der Waals surface area contributed by atoms with E-state index in [1.54, 1.807) is 16.5 Å². The second-order valence-corrected chi connectivity index (χ2v) is 8.08. The first-order valence-corrected chi connectivity index (χ1v) is 10.1. The van der Waals surface area contributed by atoms with Crippen LogP contribution >= 0.6 is 15.9 Å². The van der Waals surface area contributed by atoms with Gasteiger partial charge in [0, 0.05) is 58.0 Å². The van der Waals surface area contributed by atoms with Gasteiger partial charge in [-0.15, -0.1) is 0 Å². The fourth-order valence-corrected chi connectivity index (χ4v) is 3.99. The zero-order valence-corrected chi connectivity index (χ0v) is 18.2. The molecule has 2 aromatic heterocycles. The van der Waals surface area contributed by atoms with E-state index in [-0.39, 0.29) is 23.3 Å². The maximum Gasteiger partial charge on any atom is 0.436 e. The summed E-state index contributed by atoms with van der Waals surface area (Å²) in [5.41, 5.74) is 1.58. The van der Waals surface area contributed by atoms with Crippen molar-refractivity contribution < 1.29 is 18.0 Å². The molecule has 160 valence electrons. The number of piperazine rings is 1. The molecule has 0 aromatic carbocycles. The van der Waals surface area contributed by atoms with E-state index in [1.807, 2.05) is 20.2 Å². The van der Waals surface area contributed by atoms with E-state index in [9.17, 15) is 18.0 Å². The highest BCUT2D eigenvalue weighted by molar-refractivity contribution is 9.10. The van der Waals surface area contributed by atoms with E-state index >= 15 is 0 Å². The fraction of sp³-hybridized carbons (Fsp3) is 0.611. The summed E-state index contributed by atoms with van der Waals surface area (Å²) in [4.78, 5) is 16.6. The number of alkyl halides is 3. The van der Waals surface area contributed by atoms with Gasteiger partial charge in [-0.25, -0.2) is 0 Å². The molecule has 3 rings (SSSR count). The number of hydrogen-bond acceptors (Lipinski definition) is 4. The third-order valence-corrected chi connectivity index (χ3v) is 6.12. The topological polar surface area (TPSA) is 59.2 Å². The van der Waals surface area contributed by atoms with E-state index in [1.165, 1.54) is 10.2 Å². The van der Waals surface area contributed by atoms with Crippen LogP contribution in [0.4, 0.5) is 13.2 Å². The first-order valence-electron chi connectivity index (χ1n) is 9.35. The smallest absolute Gasteiger partial charge is 0.340 e. The Kier molecular flexibility index (Phi) is 6.37. The Labute approximate surface area is 175 Å². The van der Waals surface area contributed by atoms with Gasteiger partial charge < -0.3 is 4.90 Å². The van der Waals surface area contributed by atoms with Crippen LogP contribution in [0.25, 0.3) is 0 Å². The minimum absolute atomic E-state index is 0.0678. The molecule has 0 saturated carbocycles. The first-order chi connectivity index (χ1) is 13.6. The van der Waals surface area contributed by atoms with E-state index in [4.69, 9.17) is 0 Å². The van der Waals surface area contributed by atoms with Crippen LogP contribution in [0.15, 0.2) is 10.7 Å². The molecule has 7 nitrogen and oxygen atoms in total. The number of nitrogens with zero attached hydrogens (tertiary/aromatic N) is 6. The normalized spacial score (nSPS) is 15.9. The van der Waals surface area contributed by atoms with Crippen molar-refractivity contribution in [3.63, 3.8) is 0 Å². The third kappa shape index (κ3) is 5.00. The molecule has 11 heteroatoms. The maximum atomic E-state index is 13.0. The van der Waals surface area contributed by atoms with E-state index in [2.05, 4.69) is 31.0 Å². The van der Waals surface area contributed by atoms with Crippen molar-refractivity contribution in [2.75, 3.05) is 26.2 Å². The van der Waals surface area contributed by atoms with Crippen LogP contribution in [0.3, 0.4) is 0 Å². The number of halogens is 4. The van der Waals surface area contributed by atoms with Crippen LogP contribution in [-0.4, -0.2) is 61.4 Å². The summed E-state index contributed by atoms with van der Waals surface area (Å²) in [6.45, 7) is 7.17. The summed E-state index contributed by atoms with van der Waals surface area (Å²) in [6, 6.07) is 0. The second kappa shape index (κ2) is 8.47. The number of amides is 1. The Morgan fingerprint density at radius 3 is 2.34 bits per heavy atom. The lowest BCUT2D eigenvalue weighted by molar-refractivity contribution is -0.142. The Balaban J connectivity index is 1.51. The van der Waals surface area contributed by atoms with Gasteiger partial charge in [-0.2, -0.15) is 23.4 Å². The lowest BCUT2D eigenvalue weighted by Crippen LogP contribution is -2.48. The average molecular weight is 477 g/mol. The van der Waals surface area contributed by atoms with Crippen LogP contribution < -0.4 is 0 Å². The molecular weight excluding hydrogens is 453 g/mol. The molecule has 3 heterocycles. The van der Waals surface area contributed by atoms with E-state index < -0.39 is 11.9 Å². The highest BCUT2D eigenvalue weighted by atomic mass is 79.9. The largest absolute Gasteiger partial charge is 0.436 e. The fourth-order valence-electron chi connectivity index (χ4n) is 3.48. The van der Waals surface area contributed by atoms with Gasteiger partial charge in [-0.3, -0.25) is 19.1 Å². The van der Waals surface area contributed by atoms with Crippen LogP contribution in [-0.2, 0) is 31.1 Å². The number of aromatic nitrogens is 4. The lowest BCUT2D eigenvalue weighted by atomic mass is 10.2. The number of carbonyl (C=O) groups is 1. The predicted molar refractivity (Wildman–Crippen MR) is 104 cm³/mol. The molecule has 1 amide bonds. The molecule has 0 unspecified atom stereocenters. The van der Waals surface area contributed by atoms with Gasteiger partial charge in [-0.1, -0.05) is 0 Å². The molecule has 1 fully saturated rings. The molecule has 1 aliphatic heterocycles. The van der Waals surface area contributed by atoms with Crippen molar-refractivity contribution in [1.29, 1.82) is 0 Å². The van der Waals surface area contributed by atoms with E-state index in [0.717, 1.165) is 25.3 Å². The molecule has 0 bridgehead atoms. The number of carbonyl (C=O) groups excluding carboxylic acids is 1. The summed E-state index contributed by atoms with van der Waals surface area (Å²) in [5.74, 6) is -0.0678. The Bertz CT molecular complexity index is 883. The molecule has 0 spiro atoms. The Morgan fingerprint density at radius 2 is 1.83 bits per heavy atom. The van der Waals surface area contributed by atoms with Gasteiger partial charge in [0.2, 0.25) is 5.91 Å². The lowest BCUT2D eigenvalue weighted by Gasteiger charge is -2.34. The zero-order chi connectivity index (χ0) is 21.3. The highest BCUT2D eigenvalue weighted by Crippen LogP contribution is 2.35. The van der Waals surface area contributed by atoms with Crippen molar-refractivity contribution in [2.24, 2.45) is 7.05 Å². The molecular formula is C18H24BrF3N6O.